The van der Waals surface area contributed by atoms with Crippen molar-refractivity contribution in [2.45, 2.75) is 106 Å². The fourth-order valence-corrected chi connectivity index (χ4v) is 5.20. The van der Waals surface area contributed by atoms with Gasteiger partial charge in [0.05, 0.1) is 24.3 Å². The number of nitrogens with zero attached hydrogens (tertiary/aromatic N) is 1. The summed E-state index contributed by atoms with van der Waals surface area (Å²) in [6, 6.07) is 3.35. The monoisotopic (exact) mass is 773 g/mol. The van der Waals surface area contributed by atoms with Crippen molar-refractivity contribution >= 4 is 47.3 Å². The van der Waals surface area contributed by atoms with Gasteiger partial charge in [0.1, 0.15) is 12.6 Å². The van der Waals surface area contributed by atoms with Crippen LogP contribution in [0.25, 0.3) is 0 Å². The highest BCUT2D eigenvalue weighted by atomic mass is 16.7. The SMILES string of the molecule is CC(C)CCOC(C)(C)CNC(=O)c1cc(NC(=O)CNC(=O)C(NC(=O)C(C)(C)CCOC(C)(C)CN2C(=O)C=CC2=O)C(C)C)ccc1COC(=O)O. The van der Waals surface area contributed by atoms with Crippen LogP contribution in [0.1, 0.15) is 98.0 Å². The molecule has 0 fully saturated rings. The van der Waals surface area contributed by atoms with Gasteiger partial charge >= 0.3 is 6.16 Å². The minimum atomic E-state index is -1.52. The summed E-state index contributed by atoms with van der Waals surface area (Å²) in [7, 11) is 0. The van der Waals surface area contributed by atoms with E-state index in [-0.39, 0.29) is 48.8 Å². The Hall–Kier alpha value is -4.83. The fraction of sp³-hybridized carbons (Fsp3) is 0.615. The van der Waals surface area contributed by atoms with Crippen LogP contribution in [0.3, 0.4) is 0 Å². The zero-order valence-corrected chi connectivity index (χ0v) is 33.8. The highest BCUT2D eigenvalue weighted by molar-refractivity contribution is 6.13. The van der Waals surface area contributed by atoms with Crippen LogP contribution < -0.4 is 21.3 Å². The molecule has 1 atom stereocenters. The van der Waals surface area contributed by atoms with Gasteiger partial charge in [0.15, 0.2) is 0 Å². The van der Waals surface area contributed by atoms with Gasteiger partial charge < -0.3 is 40.6 Å². The number of carbonyl (C=O) groups excluding carboxylic acids is 6. The van der Waals surface area contributed by atoms with Gasteiger partial charge in [-0.25, -0.2) is 4.79 Å². The molecule has 1 aromatic carbocycles. The first-order chi connectivity index (χ1) is 25.4. The van der Waals surface area contributed by atoms with Crippen molar-refractivity contribution in [3.8, 4) is 0 Å². The zero-order valence-electron chi connectivity index (χ0n) is 33.8. The summed E-state index contributed by atoms with van der Waals surface area (Å²) in [6.07, 6.45) is 2.01. The summed E-state index contributed by atoms with van der Waals surface area (Å²) in [5.74, 6) is -2.86. The van der Waals surface area contributed by atoms with Crippen LogP contribution in [-0.4, -0.2) is 102 Å². The van der Waals surface area contributed by atoms with E-state index in [9.17, 15) is 33.6 Å². The maximum Gasteiger partial charge on any atom is 0.506 e. The lowest BCUT2D eigenvalue weighted by Gasteiger charge is -2.32. The second-order valence-electron chi connectivity index (χ2n) is 16.2. The van der Waals surface area contributed by atoms with E-state index in [1.165, 1.54) is 30.4 Å². The van der Waals surface area contributed by atoms with Crippen molar-refractivity contribution in [1.82, 2.24) is 20.9 Å². The molecule has 0 aromatic heterocycles. The molecule has 16 heteroatoms. The van der Waals surface area contributed by atoms with Crippen molar-refractivity contribution in [3.05, 3.63) is 41.5 Å². The molecule has 0 aliphatic carbocycles. The van der Waals surface area contributed by atoms with Crippen molar-refractivity contribution in [2.75, 3.05) is 38.2 Å². The molecule has 306 valence electrons. The third-order valence-electron chi connectivity index (χ3n) is 8.78. The molecule has 2 rings (SSSR count). The number of nitrogens with one attached hydrogen (secondary N) is 4. The molecule has 0 saturated heterocycles. The normalized spacial score (nSPS) is 13.9. The van der Waals surface area contributed by atoms with Crippen molar-refractivity contribution < 1.29 is 52.9 Å². The first kappa shape index (κ1) is 46.3. The molecule has 55 heavy (non-hydrogen) atoms. The molecule has 1 heterocycles. The van der Waals surface area contributed by atoms with Gasteiger partial charge in [0.25, 0.3) is 17.7 Å². The number of hydrogen-bond donors (Lipinski definition) is 5. The minimum absolute atomic E-state index is 0.0458. The highest BCUT2D eigenvalue weighted by Crippen LogP contribution is 2.24. The van der Waals surface area contributed by atoms with Crippen molar-refractivity contribution in [1.29, 1.82) is 0 Å². The summed E-state index contributed by atoms with van der Waals surface area (Å²) < 4.78 is 16.6. The predicted octanol–water partition coefficient (Wildman–Crippen LogP) is 3.78. The minimum Gasteiger partial charge on any atom is -0.450 e. The Labute approximate surface area is 323 Å². The molecule has 1 unspecified atom stereocenters. The molecule has 16 nitrogen and oxygen atoms in total. The molecule has 1 aliphatic heterocycles. The van der Waals surface area contributed by atoms with Gasteiger partial charge in [-0.1, -0.05) is 47.6 Å². The van der Waals surface area contributed by atoms with Crippen LogP contribution in [0.2, 0.25) is 0 Å². The van der Waals surface area contributed by atoms with Gasteiger partial charge in [-0.2, -0.15) is 0 Å². The Kier molecular flexibility index (Phi) is 17.0. The molecule has 5 N–H and O–H groups in total. The van der Waals surface area contributed by atoms with E-state index in [2.05, 4.69) is 35.1 Å². The maximum absolute atomic E-state index is 13.3. The van der Waals surface area contributed by atoms with E-state index in [0.717, 1.165) is 11.3 Å². The van der Waals surface area contributed by atoms with Crippen LogP contribution >= 0.6 is 0 Å². The lowest BCUT2D eigenvalue weighted by molar-refractivity contribution is -0.142. The van der Waals surface area contributed by atoms with Crippen LogP contribution in [0.15, 0.2) is 30.4 Å². The Morgan fingerprint density at radius 3 is 2.05 bits per heavy atom. The summed E-state index contributed by atoms with van der Waals surface area (Å²) in [5.41, 5.74) is -1.95. The third-order valence-corrected chi connectivity index (χ3v) is 8.78. The van der Waals surface area contributed by atoms with Crippen molar-refractivity contribution in [2.24, 2.45) is 17.3 Å². The molecule has 1 aromatic rings. The highest BCUT2D eigenvalue weighted by Gasteiger charge is 2.35. The van der Waals surface area contributed by atoms with E-state index in [0.29, 0.717) is 12.5 Å². The first-order valence-corrected chi connectivity index (χ1v) is 18.4. The van der Waals surface area contributed by atoms with Crippen molar-refractivity contribution in [3.63, 3.8) is 0 Å². The van der Waals surface area contributed by atoms with E-state index in [1.54, 1.807) is 41.5 Å². The predicted molar refractivity (Wildman–Crippen MR) is 204 cm³/mol. The van der Waals surface area contributed by atoms with Gasteiger partial charge in [0.2, 0.25) is 17.7 Å². The second-order valence-corrected chi connectivity index (χ2v) is 16.2. The standard InChI is InChI=1S/C39H59N5O11/c1-24(2)15-17-54-38(7,8)22-41-33(48)28-19-27(12-11-26(28)21-53-36(51)52)42-29(45)20-40-34(49)32(25(3)4)43-35(50)37(5,6)16-18-55-39(9,10)23-44-30(46)13-14-31(44)47/h11-14,19,24-25,32H,15-18,20-23H2,1-10H3,(H,40,49)(H,41,48)(H,42,45)(H,43,50)(H,51,52). The fourth-order valence-electron chi connectivity index (χ4n) is 5.20. The Morgan fingerprint density at radius 2 is 1.47 bits per heavy atom. The molecule has 6 amide bonds. The average Bonchev–Trinajstić information content (AvgIpc) is 3.38. The van der Waals surface area contributed by atoms with E-state index in [4.69, 9.17) is 19.3 Å². The lowest BCUT2D eigenvalue weighted by Crippen LogP contribution is -2.54. The number of ether oxygens (including phenoxy) is 3. The first-order valence-electron chi connectivity index (χ1n) is 18.4. The number of hydrogen-bond acceptors (Lipinski definition) is 10. The lowest BCUT2D eigenvalue weighted by atomic mass is 9.87. The van der Waals surface area contributed by atoms with E-state index >= 15 is 0 Å². The quantitative estimate of drug-likeness (QED) is 0.0844. The summed E-state index contributed by atoms with van der Waals surface area (Å²) >= 11 is 0. The smallest absolute Gasteiger partial charge is 0.450 e. The Bertz CT molecular complexity index is 1580. The number of anilines is 1. The van der Waals surface area contributed by atoms with Crippen LogP contribution in [0.5, 0.6) is 0 Å². The average molecular weight is 774 g/mol. The number of carboxylic acid groups (broad SMARTS) is 1. The number of imide groups is 1. The topological polar surface area (TPSA) is 219 Å². The summed E-state index contributed by atoms with van der Waals surface area (Å²) in [4.78, 5) is 88.8. The molecule has 0 spiro atoms. The summed E-state index contributed by atoms with van der Waals surface area (Å²) in [5, 5.41) is 19.8. The van der Waals surface area contributed by atoms with Gasteiger partial charge in [-0.3, -0.25) is 33.7 Å². The molecular weight excluding hydrogens is 714 g/mol. The van der Waals surface area contributed by atoms with Gasteiger partial charge in [0, 0.05) is 54.1 Å². The zero-order chi connectivity index (χ0) is 41.7. The van der Waals surface area contributed by atoms with Crippen LogP contribution in [0.4, 0.5) is 10.5 Å². The number of carbonyl (C=O) groups is 7. The second kappa shape index (κ2) is 20.2. The molecule has 1 aliphatic rings. The molecular formula is C39H59N5O11. The number of benzene rings is 1. The number of rotatable bonds is 22. The van der Waals surface area contributed by atoms with E-state index in [1.807, 2.05) is 13.8 Å². The summed E-state index contributed by atoms with van der Waals surface area (Å²) in [6.45, 7) is 18.2. The largest absolute Gasteiger partial charge is 0.506 e. The molecule has 0 radical (unpaired) electrons. The van der Waals surface area contributed by atoms with Crippen LogP contribution in [0, 0.1) is 17.3 Å². The molecule has 0 saturated carbocycles. The Balaban J connectivity index is 2.00. The molecule has 0 bridgehead atoms. The Morgan fingerprint density at radius 1 is 0.855 bits per heavy atom. The third kappa shape index (κ3) is 15.8. The van der Waals surface area contributed by atoms with Gasteiger partial charge in [-0.15, -0.1) is 0 Å². The maximum atomic E-state index is 13.3. The van der Waals surface area contributed by atoms with Crippen LogP contribution in [-0.2, 0) is 44.8 Å². The van der Waals surface area contributed by atoms with Gasteiger partial charge in [-0.05, 0) is 64.5 Å². The van der Waals surface area contributed by atoms with E-state index < -0.39 is 77.4 Å². The number of amides is 6.